The number of rotatable bonds is 5. The first-order chi connectivity index (χ1) is 7.76. The van der Waals surface area contributed by atoms with E-state index in [4.69, 9.17) is 16.3 Å². The van der Waals surface area contributed by atoms with Gasteiger partial charge in [0.1, 0.15) is 5.75 Å². The molecule has 0 aliphatic carbocycles. The molecule has 16 heavy (non-hydrogen) atoms. The zero-order valence-electron chi connectivity index (χ0n) is 8.64. The van der Waals surface area contributed by atoms with Gasteiger partial charge in [0.2, 0.25) is 0 Å². The van der Waals surface area contributed by atoms with Crippen molar-refractivity contribution in [2.24, 2.45) is 0 Å². The van der Waals surface area contributed by atoms with Crippen LogP contribution in [0.25, 0.3) is 0 Å². The molecule has 0 saturated carbocycles. The van der Waals surface area contributed by atoms with Crippen molar-refractivity contribution >= 4 is 5.91 Å². The number of hydrogen-bond donors (Lipinski definition) is 2. The highest BCUT2D eigenvalue weighted by Crippen LogP contribution is 2.08. The zero-order valence-corrected chi connectivity index (χ0v) is 8.64. The smallest absolute Gasteiger partial charge is 0.258 e. The predicted molar refractivity (Wildman–Crippen MR) is 57.5 cm³/mol. The van der Waals surface area contributed by atoms with Crippen molar-refractivity contribution in [2.75, 3.05) is 13.2 Å². The number of carbonyl (C=O) groups excluding carboxylic acids is 1. The highest BCUT2D eigenvalue weighted by molar-refractivity contribution is 5.77. The van der Waals surface area contributed by atoms with E-state index in [2.05, 4.69) is 16.2 Å². The second-order valence-corrected chi connectivity index (χ2v) is 2.91. The molecular formula is C11H12N2O3. The normalized spacial score (nSPS) is 9.25. The van der Waals surface area contributed by atoms with Crippen molar-refractivity contribution in [3.05, 3.63) is 24.0 Å². The average Bonchev–Trinajstić information content (AvgIpc) is 2.34. The number of ether oxygens (including phenoxy) is 1. The molecule has 0 radical (unpaired) electrons. The summed E-state index contributed by atoms with van der Waals surface area (Å²) in [6.45, 7) is -0.0470. The van der Waals surface area contributed by atoms with Crippen molar-refractivity contribution in [1.29, 1.82) is 0 Å². The van der Waals surface area contributed by atoms with Crippen LogP contribution < -0.4 is 10.1 Å². The highest BCUT2D eigenvalue weighted by Gasteiger charge is 2.01. The van der Waals surface area contributed by atoms with Crippen molar-refractivity contribution < 1.29 is 14.6 Å². The number of aliphatic hydroxyl groups is 1. The second-order valence-electron chi connectivity index (χ2n) is 2.91. The zero-order chi connectivity index (χ0) is 11.8. The van der Waals surface area contributed by atoms with E-state index in [1.54, 1.807) is 12.1 Å². The van der Waals surface area contributed by atoms with Crippen LogP contribution in [-0.4, -0.2) is 29.1 Å². The first-order valence-corrected chi connectivity index (χ1v) is 4.65. The molecule has 2 N–H and O–H groups in total. The van der Waals surface area contributed by atoms with Gasteiger partial charge in [0.25, 0.3) is 5.91 Å². The minimum atomic E-state index is -0.288. The van der Waals surface area contributed by atoms with Gasteiger partial charge >= 0.3 is 0 Å². The second kappa shape index (κ2) is 6.43. The van der Waals surface area contributed by atoms with Gasteiger partial charge < -0.3 is 15.2 Å². The van der Waals surface area contributed by atoms with E-state index < -0.39 is 0 Å². The van der Waals surface area contributed by atoms with Crippen molar-refractivity contribution in [3.8, 4) is 18.1 Å². The van der Waals surface area contributed by atoms with Crippen LogP contribution >= 0.6 is 0 Å². The molecule has 0 aliphatic heterocycles. The maximum Gasteiger partial charge on any atom is 0.258 e. The lowest BCUT2D eigenvalue weighted by Gasteiger charge is -2.05. The lowest BCUT2D eigenvalue weighted by atomic mass is 10.3. The molecule has 5 nitrogen and oxygen atoms in total. The number of aliphatic hydroxyl groups excluding tert-OH is 1. The summed E-state index contributed by atoms with van der Waals surface area (Å²) in [4.78, 5) is 15.0. The Morgan fingerprint density at radius 2 is 2.44 bits per heavy atom. The standard InChI is InChI=1S/C11H12N2O3/c1-2-5-12-11(15)8-16-10-4-3-9(7-14)13-6-10/h1,3-4,6,14H,5,7-8H2,(H,12,15). The van der Waals surface area contributed by atoms with Gasteiger partial charge in [-0.1, -0.05) is 5.92 Å². The van der Waals surface area contributed by atoms with Crippen LogP contribution in [0.2, 0.25) is 0 Å². The molecule has 0 aromatic carbocycles. The van der Waals surface area contributed by atoms with E-state index in [1.807, 2.05) is 0 Å². The van der Waals surface area contributed by atoms with E-state index in [0.29, 0.717) is 11.4 Å². The van der Waals surface area contributed by atoms with E-state index in [9.17, 15) is 4.79 Å². The summed E-state index contributed by atoms with van der Waals surface area (Å²) in [5, 5.41) is 11.2. The quantitative estimate of drug-likeness (QED) is 0.668. The Morgan fingerprint density at radius 3 is 3.00 bits per heavy atom. The van der Waals surface area contributed by atoms with Crippen LogP contribution in [-0.2, 0) is 11.4 Å². The number of carbonyl (C=O) groups is 1. The summed E-state index contributed by atoms with van der Waals surface area (Å²) in [5.74, 6) is 2.46. The van der Waals surface area contributed by atoms with Gasteiger partial charge in [0.05, 0.1) is 25.0 Å². The van der Waals surface area contributed by atoms with Crippen LogP contribution in [0.15, 0.2) is 18.3 Å². The lowest BCUT2D eigenvalue weighted by molar-refractivity contribution is -0.122. The van der Waals surface area contributed by atoms with Gasteiger partial charge in [0.15, 0.2) is 6.61 Å². The van der Waals surface area contributed by atoms with Crippen molar-refractivity contribution in [1.82, 2.24) is 10.3 Å². The summed E-state index contributed by atoms with van der Waals surface area (Å²) in [6, 6.07) is 3.25. The summed E-state index contributed by atoms with van der Waals surface area (Å²) >= 11 is 0. The summed E-state index contributed by atoms with van der Waals surface area (Å²) in [6.07, 6.45) is 6.42. The molecule has 1 aromatic rings. The first kappa shape index (κ1) is 12.0. The number of aromatic nitrogens is 1. The molecule has 0 atom stereocenters. The Balaban J connectivity index is 2.37. The molecule has 0 fully saturated rings. The Bertz CT molecular complexity index is 381. The van der Waals surface area contributed by atoms with Crippen LogP contribution in [0, 0.1) is 12.3 Å². The van der Waals surface area contributed by atoms with Gasteiger partial charge in [0, 0.05) is 0 Å². The van der Waals surface area contributed by atoms with Gasteiger partial charge in [-0.05, 0) is 12.1 Å². The number of hydrogen-bond acceptors (Lipinski definition) is 4. The fourth-order valence-corrected chi connectivity index (χ4v) is 0.939. The Morgan fingerprint density at radius 1 is 1.62 bits per heavy atom. The van der Waals surface area contributed by atoms with Gasteiger partial charge in [-0.3, -0.25) is 9.78 Å². The highest BCUT2D eigenvalue weighted by atomic mass is 16.5. The molecule has 84 valence electrons. The number of terminal acetylenes is 1. The summed E-state index contributed by atoms with van der Waals surface area (Å²) in [7, 11) is 0. The average molecular weight is 220 g/mol. The third-order valence-electron chi connectivity index (χ3n) is 1.72. The van der Waals surface area contributed by atoms with Crippen LogP contribution in [0.3, 0.4) is 0 Å². The molecule has 1 heterocycles. The van der Waals surface area contributed by atoms with Crippen molar-refractivity contribution in [2.45, 2.75) is 6.61 Å². The molecule has 1 rings (SSSR count). The first-order valence-electron chi connectivity index (χ1n) is 4.65. The Hall–Kier alpha value is -2.06. The summed E-state index contributed by atoms with van der Waals surface area (Å²) in [5.41, 5.74) is 0.545. The molecule has 0 unspecified atom stereocenters. The minimum absolute atomic E-state index is 0.109. The molecule has 0 aliphatic rings. The predicted octanol–water partition coefficient (Wildman–Crippen LogP) is -0.298. The van der Waals surface area contributed by atoms with Gasteiger partial charge in [-0.25, -0.2) is 0 Å². The molecule has 5 heteroatoms. The summed E-state index contributed by atoms with van der Waals surface area (Å²) < 4.78 is 5.14. The SMILES string of the molecule is C#CCNC(=O)COc1ccc(CO)nc1. The molecular weight excluding hydrogens is 208 g/mol. The molecule has 1 aromatic heterocycles. The Labute approximate surface area is 93.5 Å². The third-order valence-corrected chi connectivity index (χ3v) is 1.72. The topological polar surface area (TPSA) is 71.5 Å². The van der Waals surface area contributed by atoms with E-state index >= 15 is 0 Å². The monoisotopic (exact) mass is 220 g/mol. The number of nitrogens with one attached hydrogen (secondary N) is 1. The maximum atomic E-state index is 11.1. The van der Waals surface area contributed by atoms with Crippen LogP contribution in [0.5, 0.6) is 5.75 Å². The van der Waals surface area contributed by atoms with E-state index in [0.717, 1.165) is 0 Å². The third kappa shape index (κ3) is 3.98. The molecule has 0 saturated heterocycles. The van der Waals surface area contributed by atoms with Gasteiger partial charge in [-0.2, -0.15) is 0 Å². The maximum absolute atomic E-state index is 11.1. The molecule has 0 bridgehead atoms. The fourth-order valence-electron chi connectivity index (χ4n) is 0.939. The Kier molecular flexibility index (Phi) is 4.83. The van der Waals surface area contributed by atoms with Crippen molar-refractivity contribution in [3.63, 3.8) is 0 Å². The number of amides is 1. The fraction of sp³-hybridized carbons (Fsp3) is 0.273. The van der Waals surface area contributed by atoms with Crippen LogP contribution in [0.4, 0.5) is 0 Å². The minimum Gasteiger partial charge on any atom is -0.482 e. The number of nitrogens with zero attached hydrogens (tertiary/aromatic N) is 1. The number of pyridine rings is 1. The molecule has 1 amide bonds. The lowest BCUT2D eigenvalue weighted by Crippen LogP contribution is -2.29. The van der Waals surface area contributed by atoms with Crippen LogP contribution in [0.1, 0.15) is 5.69 Å². The van der Waals surface area contributed by atoms with Gasteiger partial charge in [-0.15, -0.1) is 6.42 Å². The largest absolute Gasteiger partial charge is 0.482 e. The van der Waals surface area contributed by atoms with E-state index in [-0.39, 0.29) is 25.7 Å². The van der Waals surface area contributed by atoms with E-state index in [1.165, 1.54) is 6.20 Å². The molecule has 0 spiro atoms.